The first-order valence-corrected chi connectivity index (χ1v) is 11.1. The zero-order chi connectivity index (χ0) is 22.0. The van der Waals surface area contributed by atoms with E-state index in [1.807, 2.05) is 0 Å². The van der Waals surface area contributed by atoms with Crippen molar-refractivity contribution in [2.45, 2.75) is 4.90 Å². The number of aromatic nitrogens is 2. The maximum Gasteiger partial charge on any atom is 0.251 e. The lowest BCUT2D eigenvalue weighted by Gasteiger charge is -2.34. The molecule has 1 saturated heterocycles. The Hall–Kier alpha value is -3.44. The van der Waals surface area contributed by atoms with E-state index in [1.165, 1.54) is 39.7 Å². The van der Waals surface area contributed by atoms with Gasteiger partial charge in [0.05, 0.1) is 6.54 Å². The average Bonchev–Trinajstić information content (AvgIpc) is 3.22. The third-order valence-corrected chi connectivity index (χ3v) is 7.07. The molecule has 1 fully saturated rings. The van der Waals surface area contributed by atoms with Crippen LogP contribution >= 0.6 is 0 Å². The van der Waals surface area contributed by atoms with Crippen molar-refractivity contribution in [1.29, 1.82) is 0 Å². The number of aromatic hydroxyl groups is 1. The summed E-state index contributed by atoms with van der Waals surface area (Å²) in [5.74, 6) is -0.817. The minimum absolute atomic E-state index is 0.0395. The van der Waals surface area contributed by atoms with Gasteiger partial charge in [-0.1, -0.05) is 6.07 Å². The van der Waals surface area contributed by atoms with Gasteiger partial charge in [0.1, 0.15) is 16.3 Å². The maximum atomic E-state index is 13.0. The standard InChI is InChI=1S/C20H21N5O5S/c26-15-4-1-3-14(11-15)20(28)23-13-18(27)24-7-9-25(10-8-24)31(29,30)17-12-22-19-16(17)5-2-6-21-19/h1-6,11-12,26H,7-10,13H2,(H,21,22)(H,23,28). The first-order chi connectivity index (χ1) is 14.9. The number of aromatic amines is 1. The molecule has 0 saturated carbocycles. The number of fused-ring (bicyclic) bond motifs is 1. The van der Waals surface area contributed by atoms with Crippen molar-refractivity contribution in [3.63, 3.8) is 0 Å². The molecule has 2 amide bonds. The second-order valence-electron chi connectivity index (χ2n) is 7.07. The predicted octanol–water partition coefficient (Wildman–Crippen LogP) is 0.531. The van der Waals surface area contributed by atoms with Gasteiger partial charge in [-0.25, -0.2) is 13.4 Å². The fourth-order valence-electron chi connectivity index (χ4n) is 3.48. The van der Waals surface area contributed by atoms with Crippen LogP contribution in [0.2, 0.25) is 0 Å². The number of carbonyl (C=O) groups is 2. The number of hydrogen-bond acceptors (Lipinski definition) is 6. The molecule has 3 heterocycles. The lowest BCUT2D eigenvalue weighted by atomic mass is 10.2. The molecule has 2 aromatic heterocycles. The predicted molar refractivity (Wildman–Crippen MR) is 112 cm³/mol. The molecule has 31 heavy (non-hydrogen) atoms. The third-order valence-electron chi connectivity index (χ3n) is 5.13. The summed E-state index contributed by atoms with van der Waals surface area (Å²) in [7, 11) is -3.73. The number of hydrogen-bond donors (Lipinski definition) is 3. The zero-order valence-corrected chi connectivity index (χ0v) is 17.3. The van der Waals surface area contributed by atoms with E-state index >= 15 is 0 Å². The molecular weight excluding hydrogens is 422 g/mol. The first-order valence-electron chi connectivity index (χ1n) is 9.63. The van der Waals surface area contributed by atoms with E-state index in [2.05, 4.69) is 15.3 Å². The van der Waals surface area contributed by atoms with Crippen molar-refractivity contribution >= 4 is 32.9 Å². The summed E-state index contributed by atoms with van der Waals surface area (Å²) in [6, 6.07) is 9.20. The average molecular weight is 443 g/mol. The maximum absolute atomic E-state index is 13.0. The molecular formula is C20H21N5O5S. The molecule has 162 valence electrons. The van der Waals surface area contributed by atoms with Crippen molar-refractivity contribution in [3.05, 3.63) is 54.4 Å². The summed E-state index contributed by atoms with van der Waals surface area (Å²) in [5, 5.41) is 12.5. The third kappa shape index (κ3) is 4.23. The van der Waals surface area contributed by atoms with Crippen LogP contribution in [-0.4, -0.2) is 77.2 Å². The molecule has 0 aliphatic carbocycles. The summed E-state index contributed by atoms with van der Waals surface area (Å²) in [6.07, 6.45) is 3.01. The second kappa shape index (κ2) is 8.36. The summed E-state index contributed by atoms with van der Waals surface area (Å²) in [4.78, 5) is 33.2. The number of amides is 2. The molecule has 3 N–H and O–H groups in total. The van der Waals surface area contributed by atoms with E-state index in [9.17, 15) is 23.1 Å². The van der Waals surface area contributed by atoms with Crippen LogP contribution in [0.1, 0.15) is 10.4 Å². The number of H-pyrrole nitrogens is 1. The Labute approximate surface area is 178 Å². The Bertz CT molecular complexity index is 1230. The molecule has 0 radical (unpaired) electrons. The molecule has 1 aliphatic rings. The van der Waals surface area contributed by atoms with Crippen molar-refractivity contribution in [1.82, 2.24) is 24.5 Å². The number of nitrogens with one attached hydrogen (secondary N) is 2. The molecule has 0 unspecified atom stereocenters. The molecule has 0 atom stereocenters. The van der Waals surface area contributed by atoms with Crippen molar-refractivity contribution in [3.8, 4) is 5.75 Å². The van der Waals surface area contributed by atoms with Gasteiger partial charge in [-0.15, -0.1) is 0 Å². The molecule has 1 aliphatic heterocycles. The number of piperazine rings is 1. The highest BCUT2D eigenvalue weighted by Gasteiger charge is 2.32. The summed E-state index contributed by atoms with van der Waals surface area (Å²) >= 11 is 0. The van der Waals surface area contributed by atoms with Gasteiger partial charge in [0.15, 0.2) is 0 Å². The Balaban J connectivity index is 1.35. The van der Waals surface area contributed by atoms with E-state index < -0.39 is 15.9 Å². The monoisotopic (exact) mass is 443 g/mol. The Morgan fingerprint density at radius 2 is 1.90 bits per heavy atom. The number of phenols is 1. The smallest absolute Gasteiger partial charge is 0.251 e. The van der Waals surface area contributed by atoms with Gasteiger partial charge in [-0.05, 0) is 30.3 Å². The highest BCUT2D eigenvalue weighted by molar-refractivity contribution is 7.89. The quantitative estimate of drug-likeness (QED) is 0.526. The van der Waals surface area contributed by atoms with Gasteiger partial charge in [0.25, 0.3) is 5.91 Å². The largest absolute Gasteiger partial charge is 0.508 e. The fraction of sp³-hybridized carbons (Fsp3) is 0.250. The van der Waals surface area contributed by atoms with Crippen molar-refractivity contribution in [2.75, 3.05) is 32.7 Å². The molecule has 4 rings (SSSR count). The minimum Gasteiger partial charge on any atom is -0.508 e. The Kier molecular flexibility index (Phi) is 5.61. The summed E-state index contributed by atoms with van der Waals surface area (Å²) < 4.78 is 27.4. The lowest BCUT2D eigenvalue weighted by molar-refractivity contribution is -0.131. The van der Waals surface area contributed by atoms with Crippen LogP contribution in [0.3, 0.4) is 0 Å². The normalized spacial score (nSPS) is 15.2. The van der Waals surface area contributed by atoms with Crippen LogP contribution in [0.25, 0.3) is 11.0 Å². The Morgan fingerprint density at radius 1 is 1.13 bits per heavy atom. The van der Waals surface area contributed by atoms with Gasteiger partial charge in [-0.3, -0.25) is 9.59 Å². The van der Waals surface area contributed by atoms with Gasteiger partial charge in [0, 0.05) is 49.5 Å². The second-order valence-corrected chi connectivity index (χ2v) is 8.98. The van der Waals surface area contributed by atoms with Gasteiger partial charge in [0.2, 0.25) is 15.9 Å². The number of benzene rings is 1. The highest BCUT2D eigenvalue weighted by atomic mass is 32.2. The van der Waals surface area contributed by atoms with E-state index in [1.54, 1.807) is 18.3 Å². The van der Waals surface area contributed by atoms with Crippen LogP contribution < -0.4 is 5.32 Å². The molecule has 10 nitrogen and oxygen atoms in total. The molecule has 0 bridgehead atoms. The van der Waals surface area contributed by atoms with Crippen LogP contribution in [0, 0.1) is 0 Å². The Morgan fingerprint density at radius 3 is 2.65 bits per heavy atom. The van der Waals surface area contributed by atoms with Crippen LogP contribution in [0.4, 0.5) is 0 Å². The molecule has 3 aromatic rings. The number of sulfonamides is 1. The number of nitrogens with zero attached hydrogens (tertiary/aromatic N) is 3. The van der Waals surface area contributed by atoms with E-state index in [4.69, 9.17) is 0 Å². The lowest BCUT2D eigenvalue weighted by Crippen LogP contribution is -2.52. The molecule has 0 spiro atoms. The number of carbonyl (C=O) groups excluding carboxylic acids is 2. The molecule has 11 heteroatoms. The van der Waals surface area contributed by atoms with Crippen molar-refractivity contribution in [2.24, 2.45) is 0 Å². The van der Waals surface area contributed by atoms with Crippen molar-refractivity contribution < 1.29 is 23.1 Å². The van der Waals surface area contributed by atoms with E-state index in [-0.39, 0.29) is 54.8 Å². The van der Waals surface area contributed by atoms with Crippen LogP contribution in [-0.2, 0) is 14.8 Å². The fourth-order valence-corrected chi connectivity index (χ4v) is 5.05. The van der Waals surface area contributed by atoms with E-state index in [0.717, 1.165) is 0 Å². The number of phenolic OH excluding ortho intramolecular Hbond substituents is 1. The van der Waals surface area contributed by atoms with Gasteiger partial charge in [-0.2, -0.15) is 4.31 Å². The van der Waals surface area contributed by atoms with Gasteiger partial charge < -0.3 is 20.3 Å². The topological polar surface area (TPSA) is 136 Å². The number of rotatable bonds is 5. The zero-order valence-electron chi connectivity index (χ0n) is 16.5. The summed E-state index contributed by atoms with van der Waals surface area (Å²) in [5.41, 5.74) is 0.745. The van der Waals surface area contributed by atoms with Crippen LogP contribution in [0.15, 0.2) is 53.7 Å². The number of pyridine rings is 1. The van der Waals surface area contributed by atoms with E-state index in [0.29, 0.717) is 11.0 Å². The first kappa shape index (κ1) is 20.8. The van der Waals surface area contributed by atoms with Crippen LogP contribution in [0.5, 0.6) is 5.75 Å². The molecule has 1 aromatic carbocycles. The summed E-state index contributed by atoms with van der Waals surface area (Å²) in [6.45, 7) is 0.541. The highest BCUT2D eigenvalue weighted by Crippen LogP contribution is 2.25. The van der Waals surface area contributed by atoms with Gasteiger partial charge >= 0.3 is 0 Å². The minimum atomic E-state index is -3.73. The SMILES string of the molecule is O=C(NCC(=O)N1CCN(S(=O)(=O)c2c[nH]c3ncccc23)CC1)c1cccc(O)c1.